The Hall–Kier alpha value is -3.09. The summed E-state index contributed by atoms with van der Waals surface area (Å²) in [7, 11) is 0. The number of morpholine rings is 1. The maximum absolute atomic E-state index is 6.06. The van der Waals surface area contributed by atoms with Crippen LogP contribution in [0.4, 0.5) is 0 Å². The molecule has 0 N–H and O–H groups in total. The van der Waals surface area contributed by atoms with Crippen molar-refractivity contribution in [3.63, 3.8) is 0 Å². The molecule has 4 aromatic rings. The molecule has 5 rings (SSSR count). The van der Waals surface area contributed by atoms with Gasteiger partial charge in [-0.25, -0.2) is 4.98 Å². The maximum Gasteiger partial charge on any atom is 0.137 e. The van der Waals surface area contributed by atoms with E-state index in [-0.39, 0.29) is 6.10 Å². The number of ether oxygens (including phenoxy) is 1. The maximum atomic E-state index is 6.06. The summed E-state index contributed by atoms with van der Waals surface area (Å²) < 4.78 is 8.19. The fourth-order valence-corrected chi connectivity index (χ4v) is 3.69. The Labute approximate surface area is 163 Å². The lowest BCUT2D eigenvalue weighted by atomic mass is 10.2. The van der Waals surface area contributed by atoms with Crippen molar-refractivity contribution in [2.45, 2.75) is 12.6 Å². The van der Waals surface area contributed by atoms with Crippen LogP contribution in [-0.4, -0.2) is 43.9 Å². The number of rotatable bonds is 4. The van der Waals surface area contributed by atoms with E-state index in [0.29, 0.717) is 6.61 Å². The summed E-state index contributed by atoms with van der Waals surface area (Å²) in [5.41, 5.74) is 5.19. The molecular formula is C22H21N5O. The van der Waals surface area contributed by atoms with Gasteiger partial charge in [-0.15, -0.1) is 0 Å². The van der Waals surface area contributed by atoms with Gasteiger partial charge in [-0.05, 0) is 36.4 Å². The van der Waals surface area contributed by atoms with Crippen molar-refractivity contribution >= 4 is 5.65 Å². The Balaban J connectivity index is 1.41. The van der Waals surface area contributed by atoms with Crippen LogP contribution in [0.2, 0.25) is 0 Å². The van der Waals surface area contributed by atoms with Crippen LogP contribution < -0.4 is 0 Å². The predicted octanol–water partition coefficient (Wildman–Crippen LogP) is 3.36. The molecule has 1 aliphatic rings. The quantitative estimate of drug-likeness (QED) is 0.551. The van der Waals surface area contributed by atoms with Gasteiger partial charge in [0.2, 0.25) is 0 Å². The fourth-order valence-electron chi connectivity index (χ4n) is 3.69. The smallest absolute Gasteiger partial charge is 0.137 e. The van der Waals surface area contributed by atoms with E-state index in [0.717, 1.165) is 47.9 Å². The molecule has 0 aliphatic carbocycles. The highest BCUT2D eigenvalue weighted by Gasteiger charge is 2.24. The molecule has 1 fully saturated rings. The first-order valence-corrected chi connectivity index (χ1v) is 9.49. The zero-order chi connectivity index (χ0) is 18.8. The Bertz CT molecular complexity index is 1060. The third-order valence-electron chi connectivity index (χ3n) is 5.08. The highest BCUT2D eigenvalue weighted by molar-refractivity contribution is 5.63. The third kappa shape index (κ3) is 3.40. The lowest BCUT2D eigenvalue weighted by Gasteiger charge is -2.31. The Kier molecular flexibility index (Phi) is 4.56. The second-order valence-corrected chi connectivity index (χ2v) is 6.96. The van der Waals surface area contributed by atoms with Crippen molar-refractivity contribution in [3.05, 3.63) is 84.7 Å². The summed E-state index contributed by atoms with van der Waals surface area (Å²) in [4.78, 5) is 15.8. The molecule has 1 aliphatic heterocycles. The SMILES string of the molecule is c1ccc(CN2CCO[C@@H](c3cn4c(-c5ccncc5)cccc4n3)C2)nc1. The van der Waals surface area contributed by atoms with Gasteiger partial charge >= 0.3 is 0 Å². The number of imidazole rings is 1. The van der Waals surface area contributed by atoms with Crippen LogP contribution in [0.15, 0.2) is 73.3 Å². The Morgan fingerprint density at radius 2 is 1.93 bits per heavy atom. The van der Waals surface area contributed by atoms with Gasteiger partial charge in [0, 0.05) is 50.0 Å². The molecule has 0 aromatic carbocycles. The predicted molar refractivity (Wildman–Crippen MR) is 107 cm³/mol. The van der Waals surface area contributed by atoms with Gasteiger partial charge in [-0.2, -0.15) is 0 Å². The number of aromatic nitrogens is 4. The van der Waals surface area contributed by atoms with Crippen LogP contribution in [-0.2, 0) is 11.3 Å². The molecule has 5 heterocycles. The zero-order valence-corrected chi connectivity index (χ0v) is 15.5. The normalized spacial score (nSPS) is 17.8. The van der Waals surface area contributed by atoms with Crippen molar-refractivity contribution < 1.29 is 4.74 Å². The van der Waals surface area contributed by atoms with Crippen molar-refractivity contribution in [2.24, 2.45) is 0 Å². The van der Waals surface area contributed by atoms with Crippen LogP contribution in [0.3, 0.4) is 0 Å². The molecule has 0 unspecified atom stereocenters. The van der Waals surface area contributed by atoms with Gasteiger partial charge in [0.25, 0.3) is 0 Å². The van der Waals surface area contributed by atoms with E-state index in [9.17, 15) is 0 Å². The van der Waals surface area contributed by atoms with Crippen molar-refractivity contribution in [3.8, 4) is 11.3 Å². The molecule has 0 bridgehead atoms. The Morgan fingerprint density at radius 3 is 2.79 bits per heavy atom. The first-order valence-electron chi connectivity index (χ1n) is 9.49. The molecule has 28 heavy (non-hydrogen) atoms. The number of nitrogens with zero attached hydrogens (tertiary/aromatic N) is 5. The highest BCUT2D eigenvalue weighted by Crippen LogP contribution is 2.26. The van der Waals surface area contributed by atoms with E-state index < -0.39 is 0 Å². The summed E-state index contributed by atoms with van der Waals surface area (Å²) in [5, 5.41) is 0. The summed E-state index contributed by atoms with van der Waals surface area (Å²) in [6, 6.07) is 16.2. The number of hydrogen-bond donors (Lipinski definition) is 0. The zero-order valence-electron chi connectivity index (χ0n) is 15.5. The minimum Gasteiger partial charge on any atom is -0.369 e. The molecule has 1 atom stereocenters. The molecule has 0 saturated carbocycles. The van der Waals surface area contributed by atoms with Gasteiger partial charge in [0.05, 0.1) is 23.7 Å². The lowest BCUT2D eigenvalue weighted by molar-refractivity contribution is -0.0351. The van der Waals surface area contributed by atoms with E-state index >= 15 is 0 Å². The van der Waals surface area contributed by atoms with Crippen molar-refractivity contribution in [2.75, 3.05) is 19.7 Å². The van der Waals surface area contributed by atoms with E-state index in [1.54, 1.807) is 0 Å². The van der Waals surface area contributed by atoms with Gasteiger partial charge < -0.3 is 4.74 Å². The number of pyridine rings is 3. The van der Waals surface area contributed by atoms with Gasteiger partial charge in [0.1, 0.15) is 11.8 Å². The van der Waals surface area contributed by atoms with Crippen LogP contribution in [0, 0.1) is 0 Å². The standard InChI is InChI=1S/C22H21N5O/c1-2-9-24-18(4-1)14-26-12-13-28-21(16-26)19-15-27-20(5-3-6-22(27)25-19)17-7-10-23-11-8-17/h1-11,15,21H,12-14,16H2/t21-/m1/s1. The fraction of sp³-hybridized carbons (Fsp3) is 0.227. The molecular weight excluding hydrogens is 350 g/mol. The minimum atomic E-state index is -0.0392. The molecule has 1 saturated heterocycles. The van der Waals surface area contributed by atoms with E-state index in [4.69, 9.17) is 9.72 Å². The number of hydrogen-bond acceptors (Lipinski definition) is 5. The van der Waals surface area contributed by atoms with Crippen LogP contribution in [0.1, 0.15) is 17.5 Å². The van der Waals surface area contributed by atoms with Crippen LogP contribution >= 0.6 is 0 Å². The lowest BCUT2D eigenvalue weighted by Crippen LogP contribution is -2.38. The minimum absolute atomic E-state index is 0.0392. The first kappa shape index (κ1) is 17.0. The topological polar surface area (TPSA) is 55.6 Å². The van der Waals surface area contributed by atoms with Crippen molar-refractivity contribution in [1.29, 1.82) is 0 Å². The van der Waals surface area contributed by atoms with Crippen LogP contribution in [0.5, 0.6) is 0 Å². The summed E-state index contributed by atoms with van der Waals surface area (Å²) in [6.45, 7) is 3.24. The highest BCUT2D eigenvalue weighted by atomic mass is 16.5. The average molecular weight is 371 g/mol. The third-order valence-corrected chi connectivity index (χ3v) is 5.08. The van der Waals surface area contributed by atoms with E-state index in [2.05, 4.69) is 37.6 Å². The largest absolute Gasteiger partial charge is 0.369 e. The van der Waals surface area contributed by atoms with Gasteiger partial charge in [0.15, 0.2) is 0 Å². The van der Waals surface area contributed by atoms with Crippen molar-refractivity contribution in [1.82, 2.24) is 24.3 Å². The number of fused-ring (bicyclic) bond motifs is 1. The average Bonchev–Trinajstić information content (AvgIpc) is 3.20. The summed E-state index contributed by atoms with van der Waals surface area (Å²) in [5.74, 6) is 0. The molecule has 0 radical (unpaired) electrons. The van der Waals surface area contributed by atoms with E-state index in [1.807, 2.05) is 55.0 Å². The summed E-state index contributed by atoms with van der Waals surface area (Å²) in [6.07, 6.45) is 7.52. The van der Waals surface area contributed by atoms with Gasteiger partial charge in [-0.1, -0.05) is 12.1 Å². The molecule has 6 nitrogen and oxygen atoms in total. The molecule has 4 aromatic heterocycles. The van der Waals surface area contributed by atoms with Gasteiger partial charge in [-0.3, -0.25) is 19.3 Å². The molecule has 140 valence electrons. The Morgan fingerprint density at radius 1 is 1.00 bits per heavy atom. The second kappa shape index (κ2) is 7.50. The molecule has 6 heteroatoms. The first-order chi connectivity index (χ1) is 13.9. The van der Waals surface area contributed by atoms with E-state index in [1.165, 1.54) is 0 Å². The monoisotopic (exact) mass is 371 g/mol. The molecule has 0 amide bonds. The molecule has 0 spiro atoms. The van der Waals surface area contributed by atoms with Crippen LogP contribution in [0.25, 0.3) is 16.9 Å². The second-order valence-electron chi connectivity index (χ2n) is 6.96. The summed E-state index contributed by atoms with van der Waals surface area (Å²) >= 11 is 0.